The highest BCUT2D eigenvalue weighted by molar-refractivity contribution is 14.0. The minimum Gasteiger partial charge on any atom is -0.490 e. The third kappa shape index (κ3) is 5.18. The van der Waals surface area contributed by atoms with Gasteiger partial charge in [0.15, 0.2) is 5.96 Å². The van der Waals surface area contributed by atoms with E-state index in [0.717, 1.165) is 62.8 Å². The molecular formula is C21H30IN5O. The fourth-order valence-corrected chi connectivity index (χ4v) is 3.94. The lowest BCUT2D eigenvalue weighted by molar-refractivity contribution is 0.129. The van der Waals surface area contributed by atoms with E-state index in [1.54, 1.807) is 0 Å². The summed E-state index contributed by atoms with van der Waals surface area (Å²) in [6.45, 7) is 3.74. The molecule has 0 spiro atoms. The first-order valence-corrected chi connectivity index (χ1v) is 10.0. The van der Waals surface area contributed by atoms with Crippen LogP contribution in [-0.4, -0.2) is 46.7 Å². The van der Waals surface area contributed by atoms with Gasteiger partial charge in [-0.25, -0.2) is 4.98 Å². The summed E-state index contributed by atoms with van der Waals surface area (Å²) >= 11 is 0. The zero-order chi connectivity index (χ0) is 18.5. The van der Waals surface area contributed by atoms with E-state index < -0.39 is 0 Å². The van der Waals surface area contributed by atoms with Crippen LogP contribution >= 0.6 is 24.0 Å². The second-order valence-electron chi connectivity index (χ2n) is 7.32. The van der Waals surface area contributed by atoms with Crippen molar-refractivity contribution in [3.63, 3.8) is 0 Å². The number of nitrogens with one attached hydrogen (secondary N) is 1. The lowest BCUT2D eigenvalue weighted by atomic mass is 10.1. The first-order chi connectivity index (χ1) is 13.3. The highest BCUT2D eigenvalue weighted by Gasteiger charge is 2.23. The second-order valence-corrected chi connectivity index (χ2v) is 7.32. The van der Waals surface area contributed by atoms with Crippen molar-refractivity contribution in [2.75, 3.05) is 20.1 Å². The number of likely N-dealkylation sites (tertiary alicyclic amines) is 1. The van der Waals surface area contributed by atoms with Gasteiger partial charge in [-0.2, -0.15) is 0 Å². The Morgan fingerprint density at radius 3 is 2.68 bits per heavy atom. The van der Waals surface area contributed by atoms with Crippen LogP contribution in [0.15, 0.2) is 41.5 Å². The number of piperidine rings is 1. The van der Waals surface area contributed by atoms with E-state index in [2.05, 4.69) is 26.0 Å². The molecule has 4 rings (SSSR count). The first-order valence-electron chi connectivity index (χ1n) is 10.0. The molecule has 0 aliphatic carbocycles. The van der Waals surface area contributed by atoms with Crippen LogP contribution in [0.4, 0.5) is 0 Å². The summed E-state index contributed by atoms with van der Waals surface area (Å²) in [6, 6.07) is 10.1. The standard InChI is InChI=1S/C21H29N5O.HI/c1-22-21(23-15-17-16-26-12-6-5-9-20(26)24-17)25-13-10-19(11-14-25)27-18-7-3-2-4-8-18;/h2-4,7-8,16,19H,5-6,9-15H2,1H3,(H,22,23);1H. The highest BCUT2D eigenvalue weighted by Crippen LogP contribution is 2.19. The number of fused-ring (bicyclic) bond motifs is 1. The molecule has 2 aromatic rings. The van der Waals surface area contributed by atoms with Crippen molar-refractivity contribution in [2.45, 2.75) is 51.3 Å². The average Bonchev–Trinajstić information content (AvgIpc) is 3.13. The number of halogens is 1. The third-order valence-electron chi connectivity index (χ3n) is 5.39. The van der Waals surface area contributed by atoms with Crippen molar-refractivity contribution in [2.24, 2.45) is 4.99 Å². The number of hydrogen-bond donors (Lipinski definition) is 1. The van der Waals surface area contributed by atoms with Crippen LogP contribution in [0.1, 0.15) is 37.2 Å². The Labute approximate surface area is 184 Å². The Morgan fingerprint density at radius 2 is 1.96 bits per heavy atom. The molecule has 0 amide bonds. The number of rotatable bonds is 4. The quantitative estimate of drug-likeness (QED) is 0.401. The minimum absolute atomic E-state index is 0. The van der Waals surface area contributed by atoms with Crippen molar-refractivity contribution in [3.05, 3.63) is 48.0 Å². The summed E-state index contributed by atoms with van der Waals surface area (Å²) in [6.07, 6.45) is 8.10. The predicted octanol–water partition coefficient (Wildman–Crippen LogP) is 3.46. The Morgan fingerprint density at radius 1 is 1.18 bits per heavy atom. The molecule has 1 fully saturated rings. The maximum Gasteiger partial charge on any atom is 0.193 e. The van der Waals surface area contributed by atoms with Crippen molar-refractivity contribution in [1.82, 2.24) is 19.8 Å². The van der Waals surface area contributed by atoms with Gasteiger partial charge in [0, 0.05) is 52.1 Å². The molecule has 152 valence electrons. The van der Waals surface area contributed by atoms with Crippen LogP contribution in [0.25, 0.3) is 0 Å². The number of aliphatic imine (C=N–C) groups is 1. The van der Waals surface area contributed by atoms with Crippen molar-refractivity contribution in [1.29, 1.82) is 0 Å². The number of aromatic nitrogens is 2. The van der Waals surface area contributed by atoms with Gasteiger partial charge in [-0.05, 0) is 25.0 Å². The molecule has 28 heavy (non-hydrogen) atoms. The Balaban J connectivity index is 0.00000225. The van der Waals surface area contributed by atoms with Crippen LogP contribution < -0.4 is 10.1 Å². The van der Waals surface area contributed by atoms with Gasteiger partial charge >= 0.3 is 0 Å². The first kappa shape index (κ1) is 21.0. The molecule has 0 saturated carbocycles. The number of para-hydroxylation sites is 1. The Kier molecular flexibility index (Phi) is 7.58. The molecule has 1 N–H and O–H groups in total. The van der Waals surface area contributed by atoms with Gasteiger partial charge in [-0.3, -0.25) is 4.99 Å². The molecule has 7 heteroatoms. The van der Waals surface area contributed by atoms with Crippen LogP contribution in [0.2, 0.25) is 0 Å². The van der Waals surface area contributed by atoms with Crippen LogP contribution in [0.5, 0.6) is 5.75 Å². The van der Waals surface area contributed by atoms with Gasteiger partial charge in [-0.15, -0.1) is 24.0 Å². The molecular weight excluding hydrogens is 465 g/mol. The molecule has 0 radical (unpaired) electrons. The van der Waals surface area contributed by atoms with Crippen molar-refractivity contribution < 1.29 is 4.74 Å². The van der Waals surface area contributed by atoms with Gasteiger partial charge < -0.3 is 19.5 Å². The van der Waals surface area contributed by atoms with Crippen LogP contribution in [0.3, 0.4) is 0 Å². The monoisotopic (exact) mass is 495 g/mol. The molecule has 6 nitrogen and oxygen atoms in total. The van der Waals surface area contributed by atoms with E-state index in [1.807, 2.05) is 37.4 Å². The molecule has 0 unspecified atom stereocenters. The van der Waals surface area contributed by atoms with Gasteiger partial charge in [-0.1, -0.05) is 18.2 Å². The number of benzene rings is 1. The Hall–Kier alpha value is -1.77. The number of aryl methyl sites for hydroxylation is 2. The predicted molar refractivity (Wildman–Crippen MR) is 122 cm³/mol. The van der Waals surface area contributed by atoms with E-state index in [0.29, 0.717) is 0 Å². The molecule has 1 saturated heterocycles. The molecule has 2 aliphatic rings. The van der Waals surface area contributed by atoms with Crippen LogP contribution in [-0.2, 0) is 19.5 Å². The summed E-state index contributed by atoms with van der Waals surface area (Å²) in [7, 11) is 1.85. The van der Waals surface area contributed by atoms with E-state index in [4.69, 9.17) is 9.72 Å². The zero-order valence-corrected chi connectivity index (χ0v) is 18.8. The summed E-state index contributed by atoms with van der Waals surface area (Å²) < 4.78 is 8.39. The number of imidazole rings is 1. The SMILES string of the molecule is CN=C(NCc1cn2c(n1)CCCC2)N1CCC(Oc2ccccc2)CC1.I. The molecule has 1 aromatic heterocycles. The summed E-state index contributed by atoms with van der Waals surface area (Å²) in [5, 5.41) is 3.49. The van der Waals surface area contributed by atoms with E-state index in [1.165, 1.54) is 18.7 Å². The highest BCUT2D eigenvalue weighted by atomic mass is 127. The van der Waals surface area contributed by atoms with Gasteiger partial charge in [0.2, 0.25) is 0 Å². The Bertz CT molecular complexity index is 745. The number of hydrogen-bond acceptors (Lipinski definition) is 3. The van der Waals surface area contributed by atoms with Gasteiger partial charge in [0.25, 0.3) is 0 Å². The van der Waals surface area contributed by atoms with Gasteiger partial charge in [0.1, 0.15) is 17.7 Å². The van der Waals surface area contributed by atoms with E-state index in [9.17, 15) is 0 Å². The maximum atomic E-state index is 6.09. The summed E-state index contributed by atoms with van der Waals surface area (Å²) in [5.74, 6) is 3.15. The minimum atomic E-state index is 0. The molecule has 0 bridgehead atoms. The lowest BCUT2D eigenvalue weighted by Gasteiger charge is -2.34. The molecule has 2 aliphatic heterocycles. The second kappa shape index (κ2) is 10.1. The molecule has 1 aromatic carbocycles. The van der Waals surface area contributed by atoms with Crippen LogP contribution in [0, 0.1) is 0 Å². The topological polar surface area (TPSA) is 54.7 Å². The molecule has 3 heterocycles. The summed E-state index contributed by atoms with van der Waals surface area (Å²) in [4.78, 5) is 11.6. The van der Waals surface area contributed by atoms with Crippen molar-refractivity contribution >= 4 is 29.9 Å². The fraction of sp³-hybridized carbons (Fsp3) is 0.524. The van der Waals surface area contributed by atoms with E-state index in [-0.39, 0.29) is 30.1 Å². The molecule has 0 atom stereocenters. The fourth-order valence-electron chi connectivity index (χ4n) is 3.94. The number of nitrogens with zero attached hydrogens (tertiary/aromatic N) is 4. The van der Waals surface area contributed by atoms with Gasteiger partial charge in [0.05, 0.1) is 12.2 Å². The third-order valence-corrected chi connectivity index (χ3v) is 5.39. The average molecular weight is 495 g/mol. The number of guanidine groups is 1. The number of ether oxygens (including phenoxy) is 1. The largest absolute Gasteiger partial charge is 0.490 e. The normalized spacial score (nSPS) is 17.6. The summed E-state index contributed by atoms with van der Waals surface area (Å²) in [5.41, 5.74) is 1.11. The van der Waals surface area contributed by atoms with E-state index >= 15 is 0 Å². The maximum absolute atomic E-state index is 6.09. The smallest absolute Gasteiger partial charge is 0.193 e. The van der Waals surface area contributed by atoms with Crippen molar-refractivity contribution in [3.8, 4) is 5.75 Å². The lowest BCUT2D eigenvalue weighted by Crippen LogP contribution is -2.47. The zero-order valence-electron chi connectivity index (χ0n) is 16.5.